The van der Waals surface area contributed by atoms with E-state index in [9.17, 15) is 13.2 Å². The first-order valence-corrected chi connectivity index (χ1v) is 8.12. The summed E-state index contributed by atoms with van der Waals surface area (Å²) >= 11 is 5.86. The molecule has 0 amide bonds. The highest BCUT2D eigenvalue weighted by Gasteiger charge is 2.31. The summed E-state index contributed by atoms with van der Waals surface area (Å²) in [5.41, 5.74) is 2.19. The van der Waals surface area contributed by atoms with Gasteiger partial charge in [0.25, 0.3) is 0 Å². The maximum atomic E-state index is 12.4. The predicted molar refractivity (Wildman–Crippen MR) is 92.2 cm³/mol. The largest absolute Gasteiger partial charge is 0.573 e. The van der Waals surface area contributed by atoms with E-state index in [-0.39, 0.29) is 12.3 Å². The van der Waals surface area contributed by atoms with Crippen molar-refractivity contribution in [3.63, 3.8) is 0 Å². The summed E-state index contributed by atoms with van der Waals surface area (Å²) in [7, 11) is 0. The van der Waals surface area contributed by atoms with E-state index in [0.29, 0.717) is 17.1 Å². The Labute approximate surface area is 153 Å². The zero-order chi connectivity index (χ0) is 18.6. The van der Waals surface area contributed by atoms with E-state index in [4.69, 9.17) is 11.6 Å². The molecule has 26 heavy (non-hydrogen) atoms. The molecule has 3 aromatic rings. The van der Waals surface area contributed by atoms with Crippen LogP contribution in [-0.4, -0.2) is 16.1 Å². The highest BCUT2D eigenvalue weighted by molar-refractivity contribution is 6.30. The molecule has 0 aliphatic heterocycles. The Morgan fingerprint density at radius 2 is 1.77 bits per heavy atom. The Morgan fingerprint density at radius 1 is 1.04 bits per heavy atom. The monoisotopic (exact) mass is 381 g/mol. The number of aromatic nitrogens is 2. The summed E-state index contributed by atoms with van der Waals surface area (Å²) in [6, 6.07) is 13.3. The van der Waals surface area contributed by atoms with E-state index in [0.717, 1.165) is 11.3 Å². The van der Waals surface area contributed by atoms with Gasteiger partial charge in [-0.3, -0.25) is 0 Å². The lowest BCUT2D eigenvalue weighted by Gasteiger charge is -2.13. The SMILES string of the molecule is FC(F)(F)Oc1ccccc1CNCc1cnn(-c2ccc(Cl)cc2)c1. The minimum absolute atomic E-state index is 0.204. The molecule has 1 heterocycles. The van der Waals surface area contributed by atoms with Gasteiger partial charge in [0.2, 0.25) is 0 Å². The van der Waals surface area contributed by atoms with Crippen LogP contribution >= 0.6 is 11.6 Å². The molecule has 0 bridgehead atoms. The summed E-state index contributed by atoms with van der Waals surface area (Å²) in [6.07, 6.45) is -1.18. The number of alkyl halides is 3. The Kier molecular flexibility index (Phi) is 5.49. The minimum Gasteiger partial charge on any atom is -0.405 e. The molecule has 0 aliphatic rings. The summed E-state index contributed by atoms with van der Waals surface area (Å²) in [5.74, 6) is -0.204. The first-order valence-electron chi connectivity index (χ1n) is 7.74. The van der Waals surface area contributed by atoms with E-state index >= 15 is 0 Å². The van der Waals surface area contributed by atoms with Crippen molar-refractivity contribution in [1.82, 2.24) is 15.1 Å². The number of nitrogens with zero attached hydrogens (tertiary/aromatic N) is 2. The number of hydrogen-bond acceptors (Lipinski definition) is 3. The van der Waals surface area contributed by atoms with Gasteiger partial charge >= 0.3 is 6.36 Å². The van der Waals surface area contributed by atoms with Crippen LogP contribution in [0.4, 0.5) is 13.2 Å². The van der Waals surface area contributed by atoms with Crippen LogP contribution < -0.4 is 10.1 Å². The molecule has 2 aromatic carbocycles. The fourth-order valence-electron chi connectivity index (χ4n) is 2.40. The normalized spacial score (nSPS) is 11.5. The maximum Gasteiger partial charge on any atom is 0.573 e. The fourth-order valence-corrected chi connectivity index (χ4v) is 2.53. The molecule has 3 rings (SSSR count). The average Bonchev–Trinajstić information content (AvgIpc) is 3.05. The van der Waals surface area contributed by atoms with E-state index in [1.54, 1.807) is 35.1 Å². The van der Waals surface area contributed by atoms with Crippen LogP contribution in [0.1, 0.15) is 11.1 Å². The van der Waals surface area contributed by atoms with Crippen LogP contribution in [0.3, 0.4) is 0 Å². The molecule has 8 heteroatoms. The Morgan fingerprint density at radius 3 is 2.50 bits per heavy atom. The number of nitrogens with one attached hydrogen (secondary N) is 1. The number of rotatable bonds is 6. The summed E-state index contributed by atoms with van der Waals surface area (Å²) < 4.78 is 43.0. The van der Waals surface area contributed by atoms with Gasteiger partial charge in [-0.1, -0.05) is 29.8 Å². The van der Waals surface area contributed by atoms with Crippen molar-refractivity contribution >= 4 is 11.6 Å². The molecular formula is C18H15ClF3N3O. The molecule has 0 aliphatic carbocycles. The second-order valence-electron chi connectivity index (χ2n) is 5.53. The predicted octanol–water partition coefficient (Wildman–Crippen LogP) is 4.71. The lowest BCUT2D eigenvalue weighted by Crippen LogP contribution is -2.20. The molecule has 0 unspecified atom stereocenters. The van der Waals surface area contributed by atoms with E-state index in [1.165, 1.54) is 12.1 Å². The second-order valence-corrected chi connectivity index (χ2v) is 5.97. The molecule has 0 radical (unpaired) electrons. The molecule has 0 saturated heterocycles. The lowest BCUT2D eigenvalue weighted by molar-refractivity contribution is -0.274. The molecule has 4 nitrogen and oxygen atoms in total. The first-order chi connectivity index (χ1) is 12.4. The number of benzene rings is 2. The molecule has 136 valence electrons. The number of halogens is 4. The maximum absolute atomic E-state index is 12.4. The van der Waals surface area contributed by atoms with Crippen LogP contribution in [0.5, 0.6) is 5.75 Å². The van der Waals surface area contributed by atoms with Crippen LogP contribution in [0.15, 0.2) is 60.9 Å². The third-order valence-corrected chi connectivity index (χ3v) is 3.82. The van der Waals surface area contributed by atoms with Gasteiger partial charge in [0.05, 0.1) is 11.9 Å². The number of ether oxygens (including phenoxy) is 1. The van der Waals surface area contributed by atoms with Crippen molar-refractivity contribution in [3.05, 3.63) is 77.1 Å². The van der Waals surface area contributed by atoms with Crippen LogP contribution in [0, 0.1) is 0 Å². The standard InChI is InChI=1S/C18H15ClF3N3O/c19-15-5-7-16(8-6-15)25-12-13(10-24-25)9-23-11-14-3-1-2-4-17(14)26-18(20,21)22/h1-8,10,12,23H,9,11H2. The quantitative estimate of drug-likeness (QED) is 0.672. The van der Waals surface area contributed by atoms with Crippen molar-refractivity contribution in [2.75, 3.05) is 0 Å². The molecule has 1 N–H and O–H groups in total. The van der Waals surface area contributed by atoms with E-state index < -0.39 is 6.36 Å². The first kappa shape index (κ1) is 18.3. The summed E-state index contributed by atoms with van der Waals surface area (Å²) in [4.78, 5) is 0. The number of hydrogen-bond donors (Lipinski definition) is 1. The van der Waals surface area contributed by atoms with Crippen LogP contribution in [0.25, 0.3) is 5.69 Å². The fraction of sp³-hybridized carbons (Fsp3) is 0.167. The molecule has 0 spiro atoms. The van der Waals surface area contributed by atoms with Crippen molar-refractivity contribution in [1.29, 1.82) is 0 Å². The van der Waals surface area contributed by atoms with Crippen molar-refractivity contribution < 1.29 is 17.9 Å². The Hall–Kier alpha value is -2.51. The van der Waals surface area contributed by atoms with E-state index in [2.05, 4.69) is 15.2 Å². The van der Waals surface area contributed by atoms with Gasteiger partial charge in [0.15, 0.2) is 0 Å². The third-order valence-electron chi connectivity index (χ3n) is 3.57. The van der Waals surface area contributed by atoms with Crippen LogP contribution in [-0.2, 0) is 13.1 Å². The van der Waals surface area contributed by atoms with Gasteiger partial charge in [-0.05, 0) is 30.3 Å². The van der Waals surface area contributed by atoms with Crippen molar-refractivity contribution in [2.24, 2.45) is 0 Å². The smallest absolute Gasteiger partial charge is 0.405 e. The van der Waals surface area contributed by atoms with Gasteiger partial charge in [-0.2, -0.15) is 5.10 Å². The lowest BCUT2D eigenvalue weighted by atomic mass is 10.2. The third kappa shape index (κ3) is 5.00. The molecule has 0 saturated carbocycles. The summed E-state index contributed by atoms with van der Waals surface area (Å²) in [5, 5.41) is 8.01. The molecule has 0 atom stereocenters. The van der Waals surface area contributed by atoms with Gasteiger partial charge < -0.3 is 10.1 Å². The van der Waals surface area contributed by atoms with Gasteiger partial charge in [-0.15, -0.1) is 13.2 Å². The molecule has 1 aromatic heterocycles. The average molecular weight is 382 g/mol. The highest BCUT2D eigenvalue weighted by Crippen LogP contribution is 2.26. The highest BCUT2D eigenvalue weighted by atomic mass is 35.5. The second kappa shape index (κ2) is 7.80. The Bertz CT molecular complexity index is 863. The van der Waals surface area contributed by atoms with E-state index in [1.807, 2.05) is 18.3 Å². The van der Waals surface area contributed by atoms with Crippen LogP contribution in [0.2, 0.25) is 5.02 Å². The van der Waals surface area contributed by atoms with Gasteiger partial charge in [0, 0.05) is 35.4 Å². The van der Waals surface area contributed by atoms with Crippen molar-refractivity contribution in [3.8, 4) is 11.4 Å². The zero-order valence-electron chi connectivity index (χ0n) is 13.5. The number of para-hydroxylation sites is 1. The minimum atomic E-state index is -4.71. The molecule has 0 fully saturated rings. The zero-order valence-corrected chi connectivity index (χ0v) is 14.3. The molecular weight excluding hydrogens is 367 g/mol. The Balaban J connectivity index is 1.60. The topological polar surface area (TPSA) is 39.1 Å². The van der Waals surface area contributed by atoms with Gasteiger partial charge in [0.1, 0.15) is 5.75 Å². The van der Waals surface area contributed by atoms with Crippen molar-refractivity contribution in [2.45, 2.75) is 19.5 Å². The van der Waals surface area contributed by atoms with Gasteiger partial charge in [-0.25, -0.2) is 4.68 Å². The summed E-state index contributed by atoms with van der Waals surface area (Å²) in [6.45, 7) is 0.687.